The molecule has 0 aliphatic carbocycles. The summed E-state index contributed by atoms with van der Waals surface area (Å²) in [5.74, 6) is 2.22. The molecule has 214 valence electrons. The van der Waals surface area contributed by atoms with Crippen LogP contribution in [0.1, 0.15) is 17.5 Å². The van der Waals surface area contributed by atoms with Gasteiger partial charge in [-0.3, -0.25) is 0 Å². The van der Waals surface area contributed by atoms with Gasteiger partial charge in [-0.25, -0.2) is 8.78 Å². The molecule has 0 amide bonds. The second-order valence-electron chi connectivity index (χ2n) is 10.6. The van der Waals surface area contributed by atoms with Gasteiger partial charge in [0.15, 0.2) is 0 Å². The minimum absolute atomic E-state index is 0.286. The van der Waals surface area contributed by atoms with Gasteiger partial charge < -0.3 is 23.8 Å². The highest BCUT2D eigenvalue weighted by atomic mass is 19.1. The Balaban J connectivity index is 1.64. The first kappa shape index (κ1) is 28.4. The first-order chi connectivity index (χ1) is 19.9. The van der Waals surface area contributed by atoms with Crippen LogP contribution in [0.4, 0.5) is 8.78 Å². The fourth-order valence-electron chi connectivity index (χ4n) is 6.06. The average Bonchev–Trinajstić information content (AvgIpc) is 3.01. The Hall–Kier alpha value is -4.10. The SMILES string of the molecule is COc1ccc(OCC2(COc3ccc(OC)cc3)CN(C)CCC2(c2ccc(F)cc2)c2ccc(F)cc2)cc1. The number of ether oxygens (including phenoxy) is 4. The second kappa shape index (κ2) is 12.2. The maximum absolute atomic E-state index is 14.2. The molecule has 1 aliphatic rings. The molecular weight excluding hydrogens is 524 g/mol. The van der Waals surface area contributed by atoms with Gasteiger partial charge >= 0.3 is 0 Å². The number of halogens is 2. The Morgan fingerprint density at radius 3 is 1.39 bits per heavy atom. The van der Waals surface area contributed by atoms with Crippen molar-refractivity contribution in [2.45, 2.75) is 11.8 Å². The molecule has 1 heterocycles. The van der Waals surface area contributed by atoms with Crippen molar-refractivity contribution in [2.75, 3.05) is 47.6 Å². The minimum Gasteiger partial charge on any atom is -0.497 e. The topological polar surface area (TPSA) is 40.2 Å². The van der Waals surface area contributed by atoms with E-state index in [1.807, 2.05) is 72.8 Å². The van der Waals surface area contributed by atoms with Crippen LogP contribution in [-0.2, 0) is 5.41 Å². The summed E-state index contributed by atoms with van der Waals surface area (Å²) in [5, 5.41) is 0. The third-order valence-electron chi connectivity index (χ3n) is 8.17. The number of piperidine rings is 1. The van der Waals surface area contributed by atoms with Crippen LogP contribution < -0.4 is 18.9 Å². The Kier molecular flexibility index (Phi) is 8.45. The lowest BCUT2D eigenvalue weighted by Gasteiger charge is -2.56. The molecule has 0 spiro atoms. The Morgan fingerprint density at radius 1 is 0.610 bits per heavy atom. The lowest BCUT2D eigenvalue weighted by molar-refractivity contribution is -0.0393. The van der Waals surface area contributed by atoms with E-state index < -0.39 is 10.8 Å². The Bertz CT molecular complexity index is 1310. The molecule has 0 bridgehead atoms. The molecule has 0 N–H and O–H groups in total. The van der Waals surface area contributed by atoms with Crippen molar-refractivity contribution < 1.29 is 27.7 Å². The molecule has 0 unspecified atom stereocenters. The van der Waals surface area contributed by atoms with Gasteiger partial charge in [-0.1, -0.05) is 24.3 Å². The van der Waals surface area contributed by atoms with Gasteiger partial charge in [0.2, 0.25) is 0 Å². The van der Waals surface area contributed by atoms with Crippen molar-refractivity contribution in [3.8, 4) is 23.0 Å². The maximum Gasteiger partial charge on any atom is 0.123 e. The summed E-state index contributed by atoms with van der Waals surface area (Å²) in [7, 11) is 5.33. The fraction of sp³-hybridized carbons (Fsp3) is 0.294. The maximum atomic E-state index is 14.2. The summed E-state index contributed by atoms with van der Waals surface area (Å²) in [4.78, 5) is 2.26. The largest absolute Gasteiger partial charge is 0.497 e. The molecule has 1 aliphatic heterocycles. The van der Waals surface area contributed by atoms with E-state index in [0.29, 0.717) is 24.5 Å². The van der Waals surface area contributed by atoms with E-state index in [1.165, 1.54) is 24.3 Å². The zero-order valence-corrected chi connectivity index (χ0v) is 23.6. The Morgan fingerprint density at radius 2 is 1.00 bits per heavy atom. The van der Waals surface area contributed by atoms with Crippen LogP contribution in [0, 0.1) is 17.0 Å². The van der Waals surface area contributed by atoms with Crippen molar-refractivity contribution in [3.05, 3.63) is 120 Å². The minimum atomic E-state index is -0.681. The van der Waals surface area contributed by atoms with Crippen LogP contribution in [0.3, 0.4) is 0 Å². The summed E-state index contributed by atoms with van der Waals surface area (Å²) in [6, 6.07) is 28.2. The molecule has 1 saturated heterocycles. The summed E-state index contributed by atoms with van der Waals surface area (Å²) in [6.07, 6.45) is 0.693. The number of likely N-dealkylation sites (tertiary alicyclic amines) is 1. The average molecular weight is 560 g/mol. The highest BCUT2D eigenvalue weighted by Gasteiger charge is 2.57. The Labute approximate surface area is 240 Å². The predicted molar refractivity (Wildman–Crippen MR) is 155 cm³/mol. The molecule has 1 fully saturated rings. The number of hydrogen-bond donors (Lipinski definition) is 0. The van der Waals surface area contributed by atoms with Crippen molar-refractivity contribution >= 4 is 0 Å². The normalized spacial score (nSPS) is 16.1. The van der Waals surface area contributed by atoms with Crippen LogP contribution in [0.2, 0.25) is 0 Å². The lowest BCUT2D eigenvalue weighted by atomic mass is 9.53. The van der Waals surface area contributed by atoms with E-state index in [-0.39, 0.29) is 24.8 Å². The van der Waals surface area contributed by atoms with Crippen molar-refractivity contribution in [1.29, 1.82) is 0 Å². The van der Waals surface area contributed by atoms with Gasteiger partial charge in [0.05, 0.1) is 32.8 Å². The fourth-order valence-corrected chi connectivity index (χ4v) is 6.06. The summed E-state index contributed by atoms with van der Waals surface area (Å²) < 4.78 is 52.2. The van der Waals surface area contributed by atoms with Gasteiger partial charge in [0.1, 0.15) is 34.6 Å². The molecule has 0 aromatic heterocycles. The number of methoxy groups -OCH3 is 2. The lowest BCUT2D eigenvalue weighted by Crippen LogP contribution is -2.63. The molecule has 0 saturated carbocycles. The van der Waals surface area contributed by atoms with Crippen molar-refractivity contribution in [2.24, 2.45) is 5.41 Å². The van der Waals surface area contributed by atoms with Crippen LogP contribution >= 0.6 is 0 Å². The molecule has 41 heavy (non-hydrogen) atoms. The standard InChI is InChI=1S/C34H35F2NO4/c1-37-21-20-34(25-4-8-27(35)9-5-25,26-6-10-28(36)11-7-26)33(22-37,23-40-31-16-12-29(38-2)13-17-31)24-41-32-18-14-30(39-3)15-19-32/h4-19H,20-24H2,1-3H3. The highest BCUT2D eigenvalue weighted by Crippen LogP contribution is 2.53. The number of benzene rings is 4. The van der Waals surface area contributed by atoms with E-state index in [2.05, 4.69) is 11.9 Å². The molecule has 7 heteroatoms. The summed E-state index contributed by atoms with van der Waals surface area (Å²) in [6.45, 7) is 1.97. The van der Waals surface area contributed by atoms with Gasteiger partial charge in [-0.2, -0.15) is 0 Å². The first-order valence-electron chi connectivity index (χ1n) is 13.6. The van der Waals surface area contributed by atoms with Crippen LogP contribution in [0.25, 0.3) is 0 Å². The summed E-state index contributed by atoms with van der Waals surface area (Å²) >= 11 is 0. The van der Waals surface area contributed by atoms with E-state index in [4.69, 9.17) is 18.9 Å². The second-order valence-corrected chi connectivity index (χ2v) is 10.6. The molecule has 4 aromatic carbocycles. The number of rotatable bonds is 10. The molecule has 0 atom stereocenters. The van der Waals surface area contributed by atoms with Crippen molar-refractivity contribution in [1.82, 2.24) is 4.90 Å². The van der Waals surface area contributed by atoms with E-state index in [0.717, 1.165) is 29.2 Å². The molecular formula is C34H35F2NO4. The first-order valence-corrected chi connectivity index (χ1v) is 13.6. The molecule has 5 nitrogen and oxygen atoms in total. The quantitative estimate of drug-likeness (QED) is 0.215. The zero-order valence-electron chi connectivity index (χ0n) is 23.6. The highest BCUT2D eigenvalue weighted by molar-refractivity contribution is 5.45. The molecule has 5 rings (SSSR count). The van der Waals surface area contributed by atoms with E-state index >= 15 is 0 Å². The number of nitrogens with zero attached hydrogens (tertiary/aromatic N) is 1. The predicted octanol–water partition coefficient (Wildman–Crippen LogP) is 6.75. The van der Waals surface area contributed by atoms with Gasteiger partial charge in [0, 0.05) is 12.0 Å². The number of hydrogen-bond acceptors (Lipinski definition) is 5. The monoisotopic (exact) mass is 559 g/mol. The summed E-state index contributed by atoms with van der Waals surface area (Å²) in [5.41, 5.74) is 0.501. The molecule has 0 radical (unpaired) electrons. The van der Waals surface area contributed by atoms with E-state index in [9.17, 15) is 8.78 Å². The van der Waals surface area contributed by atoms with Gasteiger partial charge in [0.25, 0.3) is 0 Å². The van der Waals surface area contributed by atoms with Gasteiger partial charge in [-0.15, -0.1) is 0 Å². The third kappa shape index (κ3) is 5.86. The van der Waals surface area contributed by atoms with Crippen molar-refractivity contribution in [3.63, 3.8) is 0 Å². The van der Waals surface area contributed by atoms with Crippen LogP contribution in [-0.4, -0.2) is 52.5 Å². The van der Waals surface area contributed by atoms with Crippen LogP contribution in [0.5, 0.6) is 23.0 Å². The van der Waals surface area contributed by atoms with Gasteiger partial charge in [-0.05, 0) is 104 Å². The third-order valence-corrected chi connectivity index (χ3v) is 8.17. The zero-order chi connectivity index (χ0) is 28.9. The smallest absolute Gasteiger partial charge is 0.123 e. The van der Waals surface area contributed by atoms with E-state index in [1.54, 1.807) is 14.2 Å². The van der Waals surface area contributed by atoms with Crippen LogP contribution in [0.15, 0.2) is 97.1 Å². The molecule has 4 aromatic rings.